The van der Waals surface area contributed by atoms with E-state index in [2.05, 4.69) is 4.98 Å². The first-order valence-corrected chi connectivity index (χ1v) is 9.54. The van der Waals surface area contributed by atoms with Gasteiger partial charge in [0.05, 0.1) is 24.3 Å². The van der Waals surface area contributed by atoms with Gasteiger partial charge in [0.25, 0.3) is 11.7 Å². The zero-order valence-electron chi connectivity index (χ0n) is 16.9. The van der Waals surface area contributed by atoms with E-state index in [1.54, 1.807) is 30.3 Å². The van der Waals surface area contributed by atoms with Crippen LogP contribution in [0, 0.1) is 12.7 Å². The molecule has 1 saturated heterocycles. The number of aliphatic hydroxyl groups excluding tert-OH is 1. The SMILES string of the molecule is COc1ccc(C)cc1/C(O)=C1\C(=O)C(=O)N(c2cccc(F)c2)C1c1ccncc1. The third-order valence-electron chi connectivity index (χ3n) is 5.16. The van der Waals surface area contributed by atoms with Crippen LogP contribution >= 0.6 is 0 Å². The summed E-state index contributed by atoms with van der Waals surface area (Å²) in [5.74, 6) is -2.28. The highest BCUT2D eigenvalue weighted by molar-refractivity contribution is 6.51. The number of hydrogen-bond acceptors (Lipinski definition) is 5. The summed E-state index contributed by atoms with van der Waals surface area (Å²) >= 11 is 0. The Kier molecular flexibility index (Phi) is 5.25. The van der Waals surface area contributed by atoms with E-state index in [9.17, 15) is 19.1 Å². The van der Waals surface area contributed by atoms with Crippen molar-refractivity contribution in [1.82, 2.24) is 4.98 Å². The summed E-state index contributed by atoms with van der Waals surface area (Å²) in [6, 6.07) is 12.9. The molecule has 3 aromatic rings. The van der Waals surface area contributed by atoms with Crippen molar-refractivity contribution in [3.8, 4) is 5.75 Å². The van der Waals surface area contributed by atoms with Crippen LogP contribution in [0.2, 0.25) is 0 Å². The monoisotopic (exact) mass is 418 g/mol. The highest BCUT2D eigenvalue weighted by Crippen LogP contribution is 2.43. The first kappa shape index (κ1) is 20.3. The molecule has 31 heavy (non-hydrogen) atoms. The number of aliphatic hydroxyl groups is 1. The van der Waals surface area contributed by atoms with E-state index >= 15 is 0 Å². The van der Waals surface area contributed by atoms with Gasteiger partial charge in [0, 0.05) is 18.1 Å². The molecule has 0 spiro atoms. The second-order valence-corrected chi connectivity index (χ2v) is 7.13. The lowest BCUT2D eigenvalue weighted by Gasteiger charge is -2.25. The maximum atomic E-state index is 13.9. The molecule has 0 radical (unpaired) electrons. The van der Waals surface area contributed by atoms with E-state index in [1.165, 1.54) is 48.7 Å². The number of amides is 1. The number of methoxy groups -OCH3 is 1. The van der Waals surface area contributed by atoms with Crippen molar-refractivity contribution >= 4 is 23.1 Å². The van der Waals surface area contributed by atoms with Crippen molar-refractivity contribution in [2.75, 3.05) is 12.0 Å². The molecule has 0 aliphatic carbocycles. The molecule has 2 heterocycles. The standard InChI is InChI=1S/C24H19FN2O4/c1-14-6-7-19(31-2)18(12-14)22(28)20-21(15-8-10-26-11-9-15)27(24(30)23(20)29)17-5-3-4-16(25)13-17/h3-13,21,28H,1-2H3/b22-20+. The predicted octanol–water partition coefficient (Wildman–Crippen LogP) is 4.16. The molecule has 4 rings (SSSR count). The zero-order chi connectivity index (χ0) is 22.1. The fourth-order valence-electron chi connectivity index (χ4n) is 3.74. The van der Waals surface area contributed by atoms with Crippen molar-refractivity contribution in [3.63, 3.8) is 0 Å². The molecule has 1 aromatic heterocycles. The predicted molar refractivity (Wildman–Crippen MR) is 113 cm³/mol. The van der Waals surface area contributed by atoms with Gasteiger partial charge in [-0.05, 0) is 55.0 Å². The number of hydrogen-bond donors (Lipinski definition) is 1. The van der Waals surface area contributed by atoms with Gasteiger partial charge in [0.1, 0.15) is 17.3 Å². The van der Waals surface area contributed by atoms with E-state index in [0.29, 0.717) is 16.9 Å². The molecule has 1 atom stereocenters. The van der Waals surface area contributed by atoms with E-state index in [4.69, 9.17) is 4.74 Å². The summed E-state index contributed by atoms with van der Waals surface area (Å²) in [4.78, 5) is 31.3. The smallest absolute Gasteiger partial charge is 0.300 e. The molecule has 156 valence electrons. The Bertz CT molecular complexity index is 1210. The van der Waals surface area contributed by atoms with Gasteiger partial charge in [-0.25, -0.2) is 4.39 Å². The molecule has 2 aromatic carbocycles. The Morgan fingerprint density at radius 2 is 1.84 bits per heavy atom. The van der Waals surface area contributed by atoms with Crippen molar-refractivity contribution in [2.24, 2.45) is 0 Å². The lowest BCUT2D eigenvalue weighted by Crippen LogP contribution is -2.29. The quantitative estimate of drug-likeness (QED) is 0.391. The first-order chi connectivity index (χ1) is 14.9. The average molecular weight is 418 g/mol. The molecular weight excluding hydrogens is 399 g/mol. The third kappa shape index (κ3) is 3.54. The summed E-state index contributed by atoms with van der Waals surface area (Å²) in [6.45, 7) is 1.84. The van der Waals surface area contributed by atoms with Crippen molar-refractivity contribution in [3.05, 3.63) is 95.1 Å². The van der Waals surface area contributed by atoms with Gasteiger partial charge >= 0.3 is 0 Å². The minimum atomic E-state index is -0.963. The number of halogens is 1. The fourth-order valence-corrected chi connectivity index (χ4v) is 3.74. The van der Waals surface area contributed by atoms with Crippen LogP contribution in [0.3, 0.4) is 0 Å². The number of carbonyl (C=O) groups is 2. The van der Waals surface area contributed by atoms with Crippen LogP contribution in [0.15, 0.2) is 72.6 Å². The van der Waals surface area contributed by atoms with Gasteiger partial charge in [0.2, 0.25) is 0 Å². The van der Waals surface area contributed by atoms with E-state index in [0.717, 1.165) is 5.56 Å². The van der Waals surface area contributed by atoms with Gasteiger partial charge in [-0.15, -0.1) is 0 Å². The number of anilines is 1. The average Bonchev–Trinajstić information content (AvgIpc) is 3.04. The van der Waals surface area contributed by atoms with Crippen LogP contribution in [0.1, 0.15) is 22.7 Å². The molecular formula is C24H19FN2O4. The van der Waals surface area contributed by atoms with Crippen molar-refractivity contribution < 1.29 is 23.8 Å². The fraction of sp³-hybridized carbons (Fsp3) is 0.125. The van der Waals surface area contributed by atoms with Crippen molar-refractivity contribution in [2.45, 2.75) is 13.0 Å². The molecule has 6 nitrogen and oxygen atoms in total. The number of benzene rings is 2. The Hall–Kier alpha value is -4.00. The molecule has 0 bridgehead atoms. The maximum Gasteiger partial charge on any atom is 0.300 e. The van der Waals surface area contributed by atoms with Crippen molar-refractivity contribution in [1.29, 1.82) is 0 Å². The van der Waals surface area contributed by atoms with Gasteiger partial charge in [-0.2, -0.15) is 0 Å². The van der Waals surface area contributed by atoms with Crippen LogP contribution in [0.25, 0.3) is 5.76 Å². The minimum Gasteiger partial charge on any atom is -0.507 e. The number of pyridine rings is 1. The Balaban J connectivity index is 1.99. The largest absolute Gasteiger partial charge is 0.507 e. The molecule has 0 saturated carbocycles. The maximum absolute atomic E-state index is 13.9. The summed E-state index contributed by atoms with van der Waals surface area (Å²) < 4.78 is 19.3. The van der Waals surface area contributed by atoms with E-state index in [-0.39, 0.29) is 17.0 Å². The number of aromatic nitrogens is 1. The third-order valence-corrected chi connectivity index (χ3v) is 5.16. The zero-order valence-corrected chi connectivity index (χ0v) is 16.9. The van der Waals surface area contributed by atoms with Gasteiger partial charge in [0.15, 0.2) is 0 Å². The van der Waals surface area contributed by atoms with Crippen LogP contribution in [-0.4, -0.2) is 28.9 Å². The summed E-state index contributed by atoms with van der Waals surface area (Å²) in [6.07, 6.45) is 3.04. The lowest BCUT2D eigenvalue weighted by molar-refractivity contribution is -0.132. The van der Waals surface area contributed by atoms with Crippen LogP contribution in [-0.2, 0) is 9.59 Å². The molecule has 1 unspecified atom stereocenters. The number of carbonyl (C=O) groups excluding carboxylic acids is 2. The number of aryl methyl sites for hydroxylation is 1. The number of rotatable bonds is 4. The molecule has 7 heteroatoms. The Morgan fingerprint density at radius 1 is 1.10 bits per heavy atom. The van der Waals surface area contributed by atoms with Gasteiger partial charge in [-0.3, -0.25) is 19.5 Å². The highest BCUT2D eigenvalue weighted by atomic mass is 19.1. The summed E-state index contributed by atoms with van der Waals surface area (Å²) in [5.41, 5.74) is 1.77. The number of Topliss-reactive ketones (excluding diaryl/α,β-unsaturated/α-hetero) is 1. The molecule has 1 amide bonds. The Labute approximate surface area is 178 Å². The normalized spacial score (nSPS) is 17.8. The first-order valence-electron chi connectivity index (χ1n) is 9.54. The number of nitrogens with zero attached hydrogens (tertiary/aromatic N) is 2. The second kappa shape index (κ2) is 8.02. The van der Waals surface area contributed by atoms with E-state index in [1.807, 2.05) is 6.92 Å². The topological polar surface area (TPSA) is 79.7 Å². The molecule has 1 aliphatic rings. The van der Waals surface area contributed by atoms with Crippen LogP contribution in [0.5, 0.6) is 5.75 Å². The minimum absolute atomic E-state index is 0.107. The lowest BCUT2D eigenvalue weighted by atomic mass is 9.95. The summed E-state index contributed by atoms with van der Waals surface area (Å²) in [7, 11) is 1.45. The van der Waals surface area contributed by atoms with Gasteiger partial charge in [-0.1, -0.05) is 17.7 Å². The van der Waals surface area contributed by atoms with Crippen LogP contribution in [0.4, 0.5) is 10.1 Å². The second-order valence-electron chi connectivity index (χ2n) is 7.13. The highest BCUT2D eigenvalue weighted by Gasteiger charge is 2.47. The number of ketones is 1. The Morgan fingerprint density at radius 3 is 2.52 bits per heavy atom. The van der Waals surface area contributed by atoms with Crippen LogP contribution < -0.4 is 9.64 Å². The molecule has 1 aliphatic heterocycles. The molecule has 1 N–H and O–H groups in total. The molecule has 1 fully saturated rings. The van der Waals surface area contributed by atoms with E-state index < -0.39 is 23.5 Å². The number of ether oxygens (including phenoxy) is 1. The van der Waals surface area contributed by atoms with Gasteiger partial charge < -0.3 is 9.84 Å². The summed E-state index contributed by atoms with van der Waals surface area (Å²) in [5, 5.41) is 11.2.